The summed E-state index contributed by atoms with van der Waals surface area (Å²) in [4.78, 5) is 156. The lowest BCUT2D eigenvalue weighted by molar-refractivity contribution is -0.137. The smallest absolute Gasteiger partial charge is 0.245 e. The summed E-state index contributed by atoms with van der Waals surface area (Å²) in [7, 11) is 0. The van der Waals surface area contributed by atoms with E-state index in [4.69, 9.17) is 33.4 Å². The first-order valence-corrected chi connectivity index (χ1v) is 31.1. The van der Waals surface area contributed by atoms with Gasteiger partial charge in [0.15, 0.2) is 17.3 Å². The van der Waals surface area contributed by atoms with E-state index in [1.54, 1.807) is 80.6 Å². The van der Waals surface area contributed by atoms with E-state index < -0.39 is 163 Å². The molecular weight excluding hydrogens is 1170 g/mol. The minimum atomic E-state index is -1.68. The second-order valence-corrected chi connectivity index (χ2v) is 23.5. The van der Waals surface area contributed by atoms with Gasteiger partial charge in [-0.25, -0.2) is 0 Å². The van der Waals surface area contributed by atoms with Crippen LogP contribution in [0.5, 0.6) is 11.5 Å². The van der Waals surface area contributed by atoms with Crippen molar-refractivity contribution in [1.82, 2.24) is 42.5 Å². The Kier molecular flexibility index (Phi) is 32.0. The molecule has 500 valence electrons. The van der Waals surface area contributed by atoms with Crippen molar-refractivity contribution in [2.75, 3.05) is 39.3 Å². The SMILES string of the molecule is Cc1ccc(Oc2ccc(C(=O)C[C@@H](CCN)C(=O)N[C@H](C(=O)C[C@@H](CCN)C(=O)N[C@H]3CCNC(=O)[C@H]([C@@H](C)O)NC(=O)[C@H](CCN)NC(=O)[C@H](CCN)NC(=O)[C@H](CC(C)C)NC(=O)[C@@H](Cc4ccccc4)CC(=O)[C@H](CCN)NC3=O)[C@@H](C)O)cc2)cc1. The molecule has 1 fully saturated rings. The number of Topliss-reactive ketones (excluding diaryl/α,β-unsaturated/α-hetero) is 3. The van der Waals surface area contributed by atoms with Gasteiger partial charge in [0.2, 0.25) is 47.3 Å². The first kappa shape index (κ1) is 75.4. The molecule has 0 bridgehead atoms. The number of ether oxygens (including phenoxy) is 1. The van der Waals surface area contributed by atoms with Crippen LogP contribution in [-0.2, 0) is 54.4 Å². The number of hydrogen-bond acceptors (Lipinski definition) is 19. The Labute approximate surface area is 531 Å². The quantitative estimate of drug-likeness (QED) is 0.0381. The van der Waals surface area contributed by atoms with Gasteiger partial charge < -0.3 is 86.2 Å². The van der Waals surface area contributed by atoms with Crippen LogP contribution >= 0.6 is 0 Å². The molecule has 4 rings (SSSR count). The Morgan fingerprint density at radius 1 is 0.593 bits per heavy atom. The predicted molar refractivity (Wildman–Crippen MR) is 339 cm³/mol. The first-order valence-electron chi connectivity index (χ1n) is 31.1. The van der Waals surface area contributed by atoms with Gasteiger partial charge in [-0.2, -0.15) is 0 Å². The molecule has 0 unspecified atom stereocenters. The molecule has 1 saturated heterocycles. The molecule has 0 aromatic heterocycles. The average Bonchev–Trinajstić information content (AvgIpc) is 3.72. The molecule has 1 aliphatic rings. The van der Waals surface area contributed by atoms with E-state index in [1.165, 1.54) is 13.8 Å². The molecule has 0 aliphatic carbocycles. The maximum Gasteiger partial charge on any atom is 0.245 e. The number of benzene rings is 3. The van der Waals surface area contributed by atoms with E-state index in [0.717, 1.165) is 5.56 Å². The molecule has 3 aromatic rings. The van der Waals surface area contributed by atoms with Crippen LogP contribution in [0.1, 0.15) is 113 Å². The van der Waals surface area contributed by atoms with E-state index in [2.05, 4.69) is 42.5 Å². The van der Waals surface area contributed by atoms with E-state index in [1.807, 2.05) is 19.1 Å². The normalized spacial score (nSPS) is 21.9. The fraction of sp³-hybridized carbons (Fsp3) is 0.547. The lowest BCUT2D eigenvalue weighted by atomic mass is 9.89. The highest BCUT2D eigenvalue weighted by Gasteiger charge is 2.38. The van der Waals surface area contributed by atoms with E-state index in [0.29, 0.717) is 17.1 Å². The van der Waals surface area contributed by atoms with Crippen LogP contribution in [0.4, 0.5) is 0 Å². The third-order valence-corrected chi connectivity index (χ3v) is 15.5. The van der Waals surface area contributed by atoms with Crippen LogP contribution in [0.25, 0.3) is 0 Å². The van der Waals surface area contributed by atoms with Crippen molar-refractivity contribution in [2.45, 2.75) is 160 Å². The van der Waals surface area contributed by atoms with Crippen LogP contribution in [0.15, 0.2) is 78.9 Å². The van der Waals surface area contributed by atoms with Gasteiger partial charge in [-0.15, -0.1) is 0 Å². The van der Waals surface area contributed by atoms with Gasteiger partial charge in [0, 0.05) is 49.1 Å². The van der Waals surface area contributed by atoms with Gasteiger partial charge >= 0.3 is 0 Å². The van der Waals surface area contributed by atoms with Crippen molar-refractivity contribution in [3.05, 3.63) is 95.6 Å². The maximum absolute atomic E-state index is 14.7. The molecule has 12 atom stereocenters. The first-order chi connectivity index (χ1) is 43.3. The molecule has 1 heterocycles. The second-order valence-electron chi connectivity index (χ2n) is 23.5. The van der Waals surface area contributed by atoms with Gasteiger partial charge in [0.25, 0.3) is 0 Å². The molecule has 3 aromatic carbocycles. The maximum atomic E-state index is 14.7. The Morgan fingerprint density at radius 2 is 1.11 bits per heavy atom. The zero-order valence-electron chi connectivity index (χ0n) is 52.7. The molecular formula is C64H95N13O14. The minimum Gasteiger partial charge on any atom is -0.457 e. The van der Waals surface area contributed by atoms with Crippen LogP contribution < -0.4 is 75.9 Å². The highest BCUT2D eigenvalue weighted by Crippen LogP contribution is 2.25. The Hall–Kier alpha value is -8.05. The summed E-state index contributed by atoms with van der Waals surface area (Å²) in [5.74, 6) is -11.5. The predicted octanol–water partition coefficient (Wildman–Crippen LogP) is -1.16. The number of carbonyl (C=O) groups excluding carboxylic acids is 11. The highest BCUT2D eigenvalue weighted by atomic mass is 16.5. The second kappa shape index (κ2) is 38.6. The molecule has 8 amide bonds. The monoisotopic (exact) mass is 1270 g/mol. The standard InChI is InChI=1S/C64H95N13O14/c1-36(2)31-51-63(89)74-48(22-28-68)60(86)73-49(23-29-69)62(88)77-56(39(5)79)64(90)70-30-24-50(61(87)71-47(21-27-67)53(81)35-44(59(85)75-51)32-40-9-7-6-8-10-40)72-57(83)43(20-26-66)34-54(82)55(38(4)78)76-58(84)42(19-25-65)33-52(80)41-13-17-46(18-14-41)91-45-15-11-37(3)12-16-45/h6-18,36,38-39,42-44,47-51,55-56,78-79H,19-35,65-69H2,1-5H3,(H,70,90)(H,71,87)(H,72,83)(H,73,86)(H,74,89)(H,75,85)(H,76,84)(H,77,88)/t38-,39-,42-,43-,44+,47+,48+,49+,50+,51+,55+,56+/m1/s1. The summed E-state index contributed by atoms with van der Waals surface area (Å²) in [6.45, 7) is 6.97. The topological polar surface area (TPSA) is 464 Å². The van der Waals surface area contributed by atoms with Crippen molar-refractivity contribution < 1.29 is 67.7 Å². The molecule has 1 aliphatic heterocycles. The Morgan fingerprint density at radius 3 is 1.65 bits per heavy atom. The molecule has 0 saturated carbocycles. The lowest BCUT2D eigenvalue weighted by Crippen LogP contribution is -2.60. The van der Waals surface area contributed by atoms with Gasteiger partial charge in [0.05, 0.1) is 18.2 Å². The van der Waals surface area contributed by atoms with Crippen LogP contribution in [-0.4, -0.2) is 169 Å². The van der Waals surface area contributed by atoms with Crippen LogP contribution in [0.2, 0.25) is 0 Å². The summed E-state index contributed by atoms with van der Waals surface area (Å²) in [5, 5.41) is 42.6. The number of nitrogens with one attached hydrogen (secondary N) is 8. The number of rotatable bonds is 28. The molecule has 91 heavy (non-hydrogen) atoms. The number of carbonyl (C=O) groups is 11. The van der Waals surface area contributed by atoms with Gasteiger partial charge in [-0.05, 0) is 153 Å². The number of nitrogens with two attached hydrogens (primary N) is 5. The number of amides is 8. The number of ketones is 3. The number of aliphatic hydroxyl groups is 2. The van der Waals surface area contributed by atoms with Crippen molar-refractivity contribution in [3.63, 3.8) is 0 Å². The number of hydrogen-bond donors (Lipinski definition) is 15. The van der Waals surface area contributed by atoms with Gasteiger partial charge in [-0.3, -0.25) is 52.7 Å². The highest BCUT2D eigenvalue weighted by molar-refractivity contribution is 6.01. The summed E-state index contributed by atoms with van der Waals surface area (Å²) >= 11 is 0. The average molecular weight is 1270 g/mol. The zero-order valence-corrected chi connectivity index (χ0v) is 52.7. The summed E-state index contributed by atoms with van der Waals surface area (Å²) in [5.41, 5.74) is 31.6. The van der Waals surface area contributed by atoms with Crippen molar-refractivity contribution in [1.29, 1.82) is 0 Å². The molecule has 20 N–H and O–H groups in total. The number of aryl methyl sites for hydroxylation is 1. The third kappa shape index (κ3) is 24.9. The Balaban J connectivity index is 1.67. The van der Waals surface area contributed by atoms with E-state index >= 15 is 0 Å². The zero-order chi connectivity index (χ0) is 67.3. The van der Waals surface area contributed by atoms with E-state index in [9.17, 15) is 63.0 Å². The van der Waals surface area contributed by atoms with Crippen molar-refractivity contribution in [3.8, 4) is 11.5 Å². The summed E-state index contributed by atoms with van der Waals surface area (Å²) < 4.78 is 5.88. The van der Waals surface area contributed by atoms with Crippen molar-refractivity contribution in [2.24, 2.45) is 52.3 Å². The largest absolute Gasteiger partial charge is 0.457 e. The molecule has 27 heteroatoms. The third-order valence-electron chi connectivity index (χ3n) is 15.5. The minimum absolute atomic E-state index is 0.0113. The fourth-order valence-electron chi connectivity index (χ4n) is 10.3. The fourth-order valence-corrected chi connectivity index (χ4v) is 10.3. The summed E-state index contributed by atoms with van der Waals surface area (Å²) in [6.07, 6.45) is -5.52. The molecule has 27 nitrogen and oxygen atoms in total. The Bertz CT molecular complexity index is 2900. The summed E-state index contributed by atoms with van der Waals surface area (Å²) in [6, 6.07) is 12.1. The molecule has 0 radical (unpaired) electrons. The molecule has 0 spiro atoms. The van der Waals surface area contributed by atoms with Gasteiger partial charge in [0.1, 0.15) is 47.8 Å². The lowest BCUT2D eigenvalue weighted by Gasteiger charge is -2.28. The van der Waals surface area contributed by atoms with Crippen LogP contribution in [0, 0.1) is 30.6 Å². The van der Waals surface area contributed by atoms with E-state index in [-0.39, 0.29) is 95.6 Å². The van der Waals surface area contributed by atoms with Crippen LogP contribution in [0.3, 0.4) is 0 Å². The number of aliphatic hydroxyl groups excluding tert-OH is 2. The van der Waals surface area contributed by atoms with Gasteiger partial charge in [-0.1, -0.05) is 61.9 Å². The van der Waals surface area contributed by atoms with Crippen molar-refractivity contribution >= 4 is 64.6 Å².